The zero-order chi connectivity index (χ0) is 12.3. The van der Waals surface area contributed by atoms with E-state index in [0.29, 0.717) is 10.9 Å². The van der Waals surface area contributed by atoms with Crippen molar-refractivity contribution in [1.29, 1.82) is 0 Å². The molecule has 2 nitrogen and oxygen atoms in total. The van der Waals surface area contributed by atoms with E-state index in [0.717, 1.165) is 22.2 Å². The Kier molecular flexibility index (Phi) is 4.02. The highest BCUT2D eigenvalue weighted by Gasteiger charge is 2.07. The number of hydrogen-bond donors (Lipinski definition) is 0. The maximum Gasteiger partial charge on any atom is 0.238 e. The zero-order valence-electron chi connectivity index (χ0n) is 9.28. The molecule has 2 rings (SSSR count). The second kappa shape index (κ2) is 5.52. The Morgan fingerprint density at radius 3 is 2.82 bits per heavy atom. The first-order chi connectivity index (χ1) is 8.20. The van der Waals surface area contributed by atoms with Crippen LogP contribution in [-0.2, 0) is 6.42 Å². The molecule has 0 spiro atoms. The molecule has 0 bridgehead atoms. The summed E-state index contributed by atoms with van der Waals surface area (Å²) in [6.45, 7) is 2.08. The minimum atomic E-state index is 0.427. The third-order valence-electron chi connectivity index (χ3n) is 2.33. The van der Waals surface area contributed by atoms with Gasteiger partial charge in [0.1, 0.15) is 10.8 Å². The number of ether oxygens (including phenoxy) is 1. The zero-order valence-corrected chi connectivity index (χ0v) is 11.6. The Labute approximate surface area is 114 Å². The molecule has 0 unspecified atom stereocenters. The number of hydrogen-bond acceptors (Lipinski definition) is 2. The predicted octanol–water partition coefficient (Wildman–Crippen LogP) is 4.85. The van der Waals surface area contributed by atoms with Gasteiger partial charge >= 0.3 is 0 Å². The number of rotatable bonds is 3. The molecule has 88 valence electrons. The standard InChI is InChI=1S/C13H11BrClNO/c1-2-9-5-3-4-6-12(9)17-13-11(15)7-10(14)8-16-13/h3-8H,2H2,1H3. The summed E-state index contributed by atoms with van der Waals surface area (Å²) in [5.74, 6) is 1.22. The van der Waals surface area contributed by atoms with Gasteiger partial charge in [-0.1, -0.05) is 36.7 Å². The topological polar surface area (TPSA) is 22.1 Å². The number of pyridine rings is 1. The number of benzene rings is 1. The molecule has 1 aromatic carbocycles. The van der Waals surface area contributed by atoms with Crippen LogP contribution in [0.4, 0.5) is 0 Å². The number of aryl methyl sites for hydroxylation is 1. The molecule has 0 saturated heterocycles. The molecule has 17 heavy (non-hydrogen) atoms. The van der Waals surface area contributed by atoms with E-state index in [-0.39, 0.29) is 0 Å². The lowest BCUT2D eigenvalue weighted by molar-refractivity contribution is 0.458. The number of nitrogens with zero attached hydrogens (tertiary/aromatic N) is 1. The van der Waals surface area contributed by atoms with Gasteiger partial charge in [0, 0.05) is 10.7 Å². The summed E-state index contributed by atoms with van der Waals surface area (Å²) in [5, 5.41) is 0.491. The third-order valence-corrected chi connectivity index (χ3v) is 3.04. The molecule has 1 heterocycles. The summed E-state index contributed by atoms with van der Waals surface area (Å²) in [6.07, 6.45) is 2.57. The van der Waals surface area contributed by atoms with Gasteiger partial charge in [-0.15, -0.1) is 0 Å². The van der Waals surface area contributed by atoms with Crippen molar-refractivity contribution in [2.45, 2.75) is 13.3 Å². The highest BCUT2D eigenvalue weighted by Crippen LogP contribution is 2.30. The molecule has 0 aliphatic rings. The summed E-state index contributed by atoms with van der Waals surface area (Å²) in [6, 6.07) is 9.63. The van der Waals surface area contributed by atoms with Crippen molar-refractivity contribution < 1.29 is 4.74 Å². The van der Waals surface area contributed by atoms with Crippen LogP contribution in [-0.4, -0.2) is 4.98 Å². The van der Waals surface area contributed by atoms with Gasteiger partial charge in [0.2, 0.25) is 5.88 Å². The monoisotopic (exact) mass is 311 g/mol. The van der Waals surface area contributed by atoms with Crippen LogP contribution < -0.4 is 4.74 Å². The van der Waals surface area contributed by atoms with E-state index >= 15 is 0 Å². The van der Waals surface area contributed by atoms with Crippen molar-refractivity contribution in [3.8, 4) is 11.6 Å². The van der Waals surface area contributed by atoms with Crippen molar-refractivity contribution in [3.05, 3.63) is 51.6 Å². The van der Waals surface area contributed by atoms with Gasteiger partial charge < -0.3 is 4.74 Å². The average Bonchev–Trinajstić information content (AvgIpc) is 2.33. The van der Waals surface area contributed by atoms with Crippen molar-refractivity contribution in [1.82, 2.24) is 4.98 Å². The predicted molar refractivity (Wildman–Crippen MR) is 72.8 cm³/mol. The van der Waals surface area contributed by atoms with Gasteiger partial charge in [0.25, 0.3) is 0 Å². The van der Waals surface area contributed by atoms with Gasteiger partial charge in [0.15, 0.2) is 0 Å². The fourth-order valence-corrected chi connectivity index (χ4v) is 2.14. The third kappa shape index (κ3) is 2.99. The molecule has 4 heteroatoms. The first-order valence-electron chi connectivity index (χ1n) is 5.27. The molecule has 0 atom stereocenters. The summed E-state index contributed by atoms with van der Waals surface area (Å²) in [7, 11) is 0. The fourth-order valence-electron chi connectivity index (χ4n) is 1.48. The molecule has 0 amide bonds. The highest BCUT2D eigenvalue weighted by atomic mass is 79.9. The van der Waals surface area contributed by atoms with Crippen molar-refractivity contribution in [3.63, 3.8) is 0 Å². The van der Waals surface area contributed by atoms with E-state index in [1.165, 1.54) is 0 Å². The van der Waals surface area contributed by atoms with E-state index in [4.69, 9.17) is 16.3 Å². The van der Waals surface area contributed by atoms with E-state index in [2.05, 4.69) is 27.8 Å². The second-order valence-electron chi connectivity index (χ2n) is 3.50. The van der Waals surface area contributed by atoms with E-state index in [9.17, 15) is 0 Å². The van der Waals surface area contributed by atoms with Crippen LogP contribution in [0.2, 0.25) is 5.02 Å². The normalized spacial score (nSPS) is 10.3. The van der Waals surface area contributed by atoms with Crippen molar-refractivity contribution in [2.75, 3.05) is 0 Å². The van der Waals surface area contributed by atoms with E-state index in [1.807, 2.05) is 24.3 Å². The quantitative estimate of drug-likeness (QED) is 0.808. The van der Waals surface area contributed by atoms with E-state index < -0.39 is 0 Å². The summed E-state index contributed by atoms with van der Waals surface area (Å²) < 4.78 is 6.55. The Morgan fingerprint density at radius 1 is 1.35 bits per heavy atom. The summed E-state index contributed by atoms with van der Waals surface area (Å²) in [5.41, 5.74) is 1.13. The summed E-state index contributed by atoms with van der Waals surface area (Å²) in [4.78, 5) is 4.15. The van der Waals surface area contributed by atoms with Gasteiger partial charge in [0.05, 0.1) is 0 Å². The maximum absolute atomic E-state index is 6.06. The molecule has 0 radical (unpaired) electrons. The number of para-hydroxylation sites is 1. The number of halogens is 2. The summed E-state index contributed by atoms with van der Waals surface area (Å²) >= 11 is 9.36. The molecular weight excluding hydrogens is 302 g/mol. The van der Waals surface area contributed by atoms with Gasteiger partial charge in [-0.3, -0.25) is 0 Å². The average molecular weight is 313 g/mol. The molecule has 0 aliphatic heterocycles. The van der Waals surface area contributed by atoms with Gasteiger partial charge in [-0.2, -0.15) is 0 Å². The first kappa shape index (κ1) is 12.4. The van der Waals surface area contributed by atoms with Crippen LogP contribution in [0.5, 0.6) is 11.6 Å². The van der Waals surface area contributed by atoms with Crippen LogP contribution in [0.1, 0.15) is 12.5 Å². The Hall–Kier alpha value is -1.06. The molecule has 1 aromatic heterocycles. The fraction of sp³-hybridized carbons (Fsp3) is 0.154. The minimum Gasteiger partial charge on any atom is -0.437 e. The largest absolute Gasteiger partial charge is 0.437 e. The SMILES string of the molecule is CCc1ccccc1Oc1ncc(Br)cc1Cl. The van der Waals surface area contributed by atoms with Gasteiger partial charge in [-0.05, 0) is 40.0 Å². The molecule has 2 aromatic rings. The van der Waals surface area contributed by atoms with Gasteiger partial charge in [-0.25, -0.2) is 4.98 Å². The van der Waals surface area contributed by atoms with E-state index in [1.54, 1.807) is 12.3 Å². The lowest BCUT2D eigenvalue weighted by atomic mass is 10.1. The second-order valence-corrected chi connectivity index (χ2v) is 4.83. The minimum absolute atomic E-state index is 0.427. The molecule has 0 N–H and O–H groups in total. The first-order valence-corrected chi connectivity index (χ1v) is 6.44. The Balaban J connectivity index is 2.31. The Bertz CT molecular complexity index is 531. The number of aromatic nitrogens is 1. The van der Waals surface area contributed by atoms with Crippen LogP contribution >= 0.6 is 27.5 Å². The lowest BCUT2D eigenvalue weighted by Crippen LogP contribution is -1.92. The smallest absolute Gasteiger partial charge is 0.238 e. The molecule has 0 saturated carbocycles. The Morgan fingerprint density at radius 2 is 2.12 bits per heavy atom. The van der Waals surface area contributed by atoms with Crippen LogP contribution in [0.25, 0.3) is 0 Å². The van der Waals surface area contributed by atoms with Crippen molar-refractivity contribution >= 4 is 27.5 Å². The molecule has 0 aliphatic carbocycles. The molecule has 0 fully saturated rings. The molecular formula is C13H11BrClNO. The highest BCUT2D eigenvalue weighted by molar-refractivity contribution is 9.10. The maximum atomic E-state index is 6.06. The van der Waals surface area contributed by atoms with Crippen LogP contribution in [0.15, 0.2) is 41.0 Å². The lowest BCUT2D eigenvalue weighted by Gasteiger charge is -2.10. The van der Waals surface area contributed by atoms with Crippen LogP contribution in [0.3, 0.4) is 0 Å². The van der Waals surface area contributed by atoms with Crippen molar-refractivity contribution in [2.24, 2.45) is 0 Å². The van der Waals surface area contributed by atoms with Crippen LogP contribution in [0, 0.1) is 0 Å².